The molecule has 1 aliphatic heterocycles. The molecule has 0 N–H and O–H groups in total. The molecule has 1 aliphatic rings. The van der Waals surface area contributed by atoms with E-state index in [1.54, 1.807) is 0 Å². The summed E-state index contributed by atoms with van der Waals surface area (Å²) < 4.78 is 17.2. The molecular formula is C20H24O3. The summed E-state index contributed by atoms with van der Waals surface area (Å²) in [5.74, 6) is 0.471. The molecular weight excluding hydrogens is 288 g/mol. The SMILES string of the molecule is CC1(C)OC[C@H](CCc2ccc(OCc3ccccc3)cc2)O1. The van der Waals surface area contributed by atoms with Gasteiger partial charge in [-0.2, -0.15) is 0 Å². The van der Waals surface area contributed by atoms with Gasteiger partial charge >= 0.3 is 0 Å². The molecule has 3 heteroatoms. The lowest BCUT2D eigenvalue weighted by atomic mass is 10.1. The fourth-order valence-electron chi connectivity index (χ4n) is 2.73. The summed E-state index contributed by atoms with van der Waals surface area (Å²) in [6, 6.07) is 18.5. The minimum absolute atomic E-state index is 0.194. The average Bonchev–Trinajstić information content (AvgIpc) is 2.92. The minimum Gasteiger partial charge on any atom is -0.489 e. The lowest BCUT2D eigenvalue weighted by Gasteiger charge is -2.17. The molecule has 0 spiro atoms. The van der Waals surface area contributed by atoms with Crippen molar-refractivity contribution in [1.82, 2.24) is 0 Å². The van der Waals surface area contributed by atoms with Gasteiger partial charge in [0.25, 0.3) is 0 Å². The van der Waals surface area contributed by atoms with Crippen molar-refractivity contribution < 1.29 is 14.2 Å². The second-order valence-electron chi connectivity index (χ2n) is 6.41. The highest BCUT2D eigenvalue weighted by molar-refractivity contribution is 5.28. The Balaban J connectivity index is 1.46. The van der Waals surface area contributed by atoms with Crippen LogP contribution in [0.5, 0.6) is 5.75 Å². The van der Waals surface area contributed by atoms with E-state index in [2.05, 4.69) is 24.3 Å². The normalized spacial score (nSPS) is 19.7. The zero-order chi connectivity index (χ0) is 16.1. The van der Waals surface area contributed by atoms with Crippen molar-refractivity contribution >= 4 is 0 Å². The summed E-state index contributed by atoms with van der Waals surface area (Å²) in [5.41, 5.74) is 2.47. The number of aryl methyl sites for hydroxylation is 1. The second-order valence-corrected chi connectivity index (χ2v) is 6.41. The van der Waals surface area contributed by atoms with E-state index in [1.165, 1.54) is 11.1 Å². The highest BCUT2D eigenvalue weighted by Gasteiger charge is 2.32. The Morgan fingerprint density at radius 2 is 1.74 bits per heavy atom. The molecule has 3 nitrogen and oxygen atoms in total. The summed E-state index contributed by atoms with van der Waals surface area (Å²) >= 11 is 0. The van der Waals surface area contributed by atoms with Gasteiger partial charge in [-0.3, -0.25) is 0 Å². The third-order valence-electron chi connectivity index (χ3n) is 3.99. The molecule has 23 heavy (non-hydrogen) atoms. The lowest BCUT2D eigenvalue weighted by Crippen LogP contribution is -2.21. The first-order chi connectivity index (χ1) is 11.1. The molecule has 2 aromatic carbocycles. The molecule has 1 saturated heterocycles. The Kier molecular flexibility index (Phi) is 4.99. The molecule has 0 aliphatic carbocycles. The zero-order valence-corrected chi connectivity index (χ0v) is 13.8. The van der Waals surface area contributed by atoms with E-state index >= 15 is 0 Å². The highest BCUT2D eigenvalue weighted by atomic mass is 16.7. The van der Waals surface area contributed by atoms with Gasteiger partial charge in [0, 0.05) is 0 Å². The quantitative estimate of drug-likeness (QED) is 0.793. The van der Waals surface area contributed by atoms with Crippen molar-refractivity contribution in [3.05, 3.63) is 65.7 Å². The average molecular weight is 312 g/mol. The molecule has 0 unspecified atom stereocenters. The van der Waals surface area contributed by atoms with Gasteiger partial charge in [-0.05, 0) is 49.9 Å². The van der Waals surface area contributed by atoms with Crippen molar-refractivity contribution in [2.24, 2.45) is 0 Å². The lowest BCUT2D eigenvalue weighted by molar-refractivity contribution is -0.138. The topological polar surface area (TPSA) is 27.7 Å². The van der Waals surface area contributed by atoms with Crippen molar-refractivity contribution in [2.45, 2.75) is 45.2 Å². The summed E-state index contributed by atoms with van der Waals surface area (Å²) in [6.07, 6.45) is 2.16. The standard InChI is InChI=1S/C20H24O3/c1-20(2)22-15-19(23-20)13-10-16-8-11-18(12-9-16)21-14-17-6-4-3-5-7-17/h3-9,11-12,19H,10,13-15H2,1-2H3/t19-/m0/s1. The molecule has 2 aromatic rings. The van der Waals surface area contributed by atoms with Crippen LogP contribution < -0.4 is 4.74 Å². The first-order valence-electron chi connectivity index (χ1n) is 8.18. The van der Waals surface area contributed by atoms with Crippen LogP contribution in [0.25, 0.3) is 0 Å². The second kappa shape index (κ2) is 7.16. The first-order valence-corrected chi connectivity index (χ1v) is 8.18. The number of hydrogen-bond acceptors (Lipinski definition) is 3. The molecule has 0 saturated carbocycles. The Morgan fingerprint density at radius 3 is 2.39 bits per heavy atom. The van der Waals surface area contributed by atoms with Gasteiger partial charge in [0.1, 0.15) is 12.4 Å². The maximum absolute atomic E-state index is 5.83. The Bertz CT molecular complexity index is 605. The summed E-state index contributed by atoms with van der Waals surface area (Å²) in [4.78, 5) is 0. The van der Waals surface area contributed by atoms with Crippen LogP contribution in [0.4, 0.5) is 0 Å². The molecule has 122 valence electrons. The molecule has 0 aromatic heterocycles. The number of benzene rings is 2. The smallest absolute Gasteiger partial charge is 0.163 e. The predicted molar refractivity (Wildman–Crippen MR) is 90.4 cm³/mol. The monoisotopic (exact) mass is 312 g/mol. The van der Waals surface area contributed by atoms with Crippen LogP contribution in [-0.4, -0.2) is 18.5 Å². The third kappa shape index (κ3) is 4.81. The summed E-state index contributed by atoms with van der Waals surface area (Å²) in [7, 11) is 0. The van der Waals surface area contributed by atoms with Gasteiger partial charge in [-0.1, -0.05) is 42.5 Å². The van der Waals surface area contributed by atoms with Crippen molar-refractivity contribution in [3.8, 4) is 5.75 Å². The fourth-order valence-corrected chi connectivity index (χ4v) is 2.73. The van der Waals surface area contributed by atoms with E-state index in [1.807, 2.05) is 44.2 Å². The van der Waals surface area contributed by atoms with E-state index in [-0.39, 0.29) is 6.10 Å². The molecule has 1 heterocycles. The van der Waals surface area contributed by atoms with E-state index in [0.717, 1.165) is 18.6 Å². The van der Waals surface area contributed by atoms with Crippen molar-refractivity contribution in [3.63, 3.8) is 0 Å². The van der Waals surface area contributed by atoms with Gasteiger partial charge in [0.15, 0.2) is 5.79 Å². The van der Waals surface area contributed by atoms with E-state index < -0.39 is 5.79 Å². The fraction of sp³-hybridized carbons (Fsp3) is 0.400. The molecule has 3 rings (SSSR count). The number of rotatable bonds is 6. The van der Waals surface area contributed by atoms with E-state index in [4.69, 9.17) is 14.2 Å². The molecule has 1 atom stereocenters. The van der Waals surface area contributed by atoms with E-state index in [9.17, 15) is 0 Å². The zero-order valence-electron chi connectivity index (χ0n) is 13.8. The van der Waals surface area contributed by atoms with Gasteiger partial charge in [0.2, 0.25) is 0 Å². The predicted octanol–water partition coefficient (Wildman–Crippen LogP) is 4.35. The molecule has 1 fully saturated rings. The Labute approximate surface area is 138 Å². The van der Waals surface area contributed by atoms with E-state index in [0.29, 0.717) is 13.2 Å². The number of ether oxygens (including phenoxy) is 3. The number of hydrogen-bond donors (Lipinski definition) is 0. The molecule has 0 amide bonds. The van der Waals surface area contributed by atoms with Crippen LogP contribution >= 0.6 is 0 Å². The Morgan fingerprint density at radius 1 is 1.00 bits per heavy atom. The van der Waals surface area contributed by atoms with Crippen LogP contribution in [0.3, 0.4) is 0 Å². The van der Waals surface area contributed by atoms with Gasteiger partial charge in [0.05, 0.1) is 12.7 Å². The van der Waals surface area contributed by atoms with Gasteiger partial charge in [-0.25, -0.2) is 0 Å². The largest absolute Gasteiger partial charge is 0.489 e. The minimum atomic E-state index is -0.431. The molecule has 0 bridgehead atoms. The third-order valence-corrected chi connectivity index (χ3v) is 3.99. The maximum atomic E-state index is 5.83. The maximum Gasteiger partial charge on any atom is 0.163 e. The van der Waals surface area contributed by atoms with Crippen LogP contribution in [0.1, 0.15) is 31.4 Å². The molecule has 0 radical (unpaired) electrons. The van der Waals surface area contributed by atoms with Crippen LogP contribution in [-0.2, 0) is 22.5 Å². The van der Waals surface area contributed by atoms with Crippen LogP contribution in [0.2, 0.25) is 0 Å². The van der Waals surface area contributed by atoms with Gasteiger partial charge < -0.3 is 14.2 Å². The van der Waals surface area contributed by atoms with Crippen LogP contribution in [0, 0.1) is 0 Å². The van der Waals surface area contributed by atoms with Crippen molar-refractivity contribution in [1.29, 1.82) is 0 Å². The summed E-state index contributed by atoms with van der Waals surface area (Å²) in [5, 5.41) is 0. The van der Waals surface area contributed by atoms with Crippen molar-refractivity contribution in [2.75, 3.05) is 6.61 Å². The van der Waals surface area contributed by atoms with Gasteiger partial charge in [-0.15, -0.1) is 0 Å². The summed E-state index contributed by atoms with van der Waals surface area (Å²) in [6.45, 7) is 5.21. The Hall–Kier alpha value is -1.84. The highest BCUT2D eigenvalue weighted by Crippen LogP contribution is 2.25. The first kappa shape index (κ1) is 16.0. The van der Waals surface area contributed by atoms with Crippen LogP contribution in [0.15, 0.2) is 54.6 Å².